The number of hydrogen-bond acceptors (Lipinski definition) is 4. The van der Waals surface area contributed by atoms with Crippen molar-refractivity contribution >= 4 is 23.2 Å². The number of carbonyl (C=O) groups is 1. The summed E-state index contributed by atoms with van der Waals surface area (Å²) in [5.41, 5.74) is 2.33. The zero-order chi connectivity index (χ0) is 21.8. The first-order valence-corrected chi connectivity index (χ1v) is 10.2. The fourth-order valence-electron chi connectivity index (χ4n) is 3.48. The van der Waals surface area contributed by atoms with Gasteiger partial charge in [-0.1, -0.05) is 19.1 Å². The van der Waals surface area contributed by atoms with E-state index in [1.807, 2.05) is 24.3 Å². The zero-order valence-electron chi connectivity index (χ0n) is 17.1. The summed E-state index contributed by atoms with van der Waals surface area (Å²) in [6.07, 6.45) is 2.34. The summed E-state index contributed by atoms with van der Waals surface area (Å²) in [5, 5.41) is 13.8. The highest BCUT2D eigenvalue weighted by Gasteiger charge is 2.17. The minimum absolute atomic E-state index is 0.159. The number of nitrogens with zero attached hydrogens (tertiary/aromatic N) is 3. The van der Waals surface area contributed by atoms with E-state index in [2.05, 4.69) is 32.7 Å². The Hall–Kier alpha value is -3.55. The monoisotopic (exact) mass is 423 g/mol. The second kappa shape index (κ2) is 9.07. The fourth-order valence-corrected chi connectivity index (χ4v) is 3.48. The average Bonchev–Trinajstić information content (AvgIpc) is 2.77. The summed E-state index contributed by atoms with van der Waals surface area (Å²) in [4.78, 5) is 14.3. The second-order valence-electron chi connectivity index (χ2n) is 7.73. The van der Waals surface area contributed by atoms with Crippen molar-refractivity contribution in [1.82, 2.24) is 10.2 Å². The molecule has 1 aliphatic heterocycles. The maximum atomic E-state index is 13.2. The first kappa shape index (κ1) is 20.7. The largest absolute Gasteiger partial charge is 0.355 e. The van der Waals surface area contributed by atoms with Crippen molar-refractivity contribution in [2.45, 2.75) is 19.8 Å². The van der Waals surface area contributed by atoms with Crippen LogP contribution in [0.4, 0.5) is 30.8 Å². The molecule has 0 bridgehead atoms. The van der Waals surface area contributed by atoms with Gasteiger partial charge < -0.3 is 15.5 Å². The van der Waals surface area contributed by atoms with Gasteiger partial charge in [-0.05, 0) is 55.2 Å². The molecule has 0 radical (unpaired) electrons. The number of carbonyl (C=O) groups excluding carboxylic acids is 1. The van der Waals surface area contributed by atoms with Crippen LogP contribution in [0, 0.1) is 17.6 Å². The van der Waals surface area contributed by atoms with Crippen molar-refractivity contribution in [3.63, 3.8) is 0 Å². The van der Waals surface area contributed by atoms with E-state index in [4.69, 9.17) is 0 Å². The maximum absolute atomic E-state index is 13.2. The molecule has 1 fully saturated rings. The summed E-state index contributed by atoms with van der Waals surface area (Å²) in [5.74, 6) is -0.343. The van der Waals surface area contributed by atoms with Crippen molar-refractivity contribution in [2.24, 2.45) is 5.92 Å². The molecule has 0 spiro atoms. The Balaban J connectivity index is 1.36. The van der Waals surface area contributed by atoms with Gasteiger partial charge in [0.2, 0.25) is 0 Å². The molecule has 1 saturated heterocycles. The average molecular weight is 423 g/mol. The first-order valence-electron chi connectivity index (χ1n) is 10.2. The van der Waals surface area contributed by atoms with E-state index in [1.165, 1.54) is 18.9 Å². The van der Waals surface area contributed by atoms with Crippen LogP contribution in [0.1, 0.15) is 19.8 Å². The molecule has 0 atom stereocenters. The van der Waals surface area contributed by atoms with Crippen LogP contribution in [0.25, 0.3) is 11.3 Å². The number of hydrogen-bond donors (Lipinski definition) is 2. The number of anilines is 3. The van der Waals surface area contributed by atoms with Crippen LogP contribution in [-0.4, -0.2) is 29.3 Å². The van der Waals surface area contributed by atoms with Gasteiger partial charge in [0, 0.05) is 36.1 Å². The molecule has 2 heterocycles. The van der Waals surface area contributed by atoms with E-state index >= 15 is 0 Å². The Bertz CT molecular complexity index is 1050. The quantitative estimate of drug-likeness (QED) is 0.597. The van der Waals surface area contributed by atoms with Crippen molar-refractivity contribution in [1.29, 1.82) is 0 Å². The highest BCUT2D eigenvalue weighted by Crippen LogP contribution is 2.24. The third-order valence-electron chi connectivity index (χ3n) is 5.37. The van der Waals surface area contributed by atoms with E-state index < -0.39 is 17.7 Å². The number of urea groups is 1. The molecule has 0 saturated carbocycles. The highest BCUT2D eigenvalue weighted by molar-refractivity contribution is 5.99. The summed E-state index contributed by atoms with van der Waals surface area (Å²) in [7, 11) is 0. The molecule has 0 aliphatic carbocycles. The van der Waals surface area contributed by atoms with Crippen LogP contribution in [0.5, 0.6) is 0 Å². The molecule has 1 aliphatic rings. The van der Waals surface area contributed by atoms with Crippen molar-refractivity contribution in [3.8, 4) is 11.3 Å². The minimum atomic E-state index is -1.02. The first-order chi connectivity index (χ1) is 15.0. The SMILES string of the molecule is CC1CCN(c2ccc(-c3ccc(NC(=O)Nc4ccc(F)c(F)c4)cc3)nn2)CC1. The summed E-state index contributed by atoms with van der Waals surface area (Å²) in [6.45, 7) is 4.28. The van der Waals surface area contributed by atoms with Gasteiger partial charge in [0.05, 0.1) is 5.69 Å². The van der Waals surface area contributed by atoms with E-state index in [0.29, 0.717) is 5.69 Å². The Morgan fingerprint density at radius 3 is 2.23 bits per heavy atom. The topological polar surface area (TPSA) is 70.2 Å². The van der Waals surface area contributed by atoms with Gasteiger partial charge in [0.1, 0.15) is 0 Å². The molecule has 31 heavy (non-hydrogen) atoms. The lowest BCUT2D eigenvalue weighted by Gasteiger charge is -2.30. The number of aromatic nitrogens is 2. The van der Waals surface area contributed by atoms with Crippen LogP contribution < -0.4 is 15.5 Å². The third-order valence-corrected chi connectivity index (χ3v) is 5.37. The van der Waals surface area contributed by atoms with E-state index in [9.17, 15) is 13.6 Å². The lowest BCUT2D eigenvalue weighted by Crippen LogP contribution is -2.33. The molecule has 2 aromatic carbocycles. The van der Waals surface area contributed by atoms with Gasteiger partial charge in [-0.2, -0.15) is 0 Å². The van der Waals surface area contributed by atoms with Gasteiger partial charge in [-0.15, -0.1) is 10.2 Å². The van der Waals surface area contributed by atoms with E-state index in [-0.39, 0.29) is 5.69 Å². The van der Waals surface area contributed by atoms with Gasteiger partial charge in [-0.3, -0.25) is 0 Å². The molecule has 160 valence electrons. The normalized spacial score (nSPS) is 14.4. The summed E-state index contributed by atoms with van der Waals surface area (Å²) in [6, 6.07) is 13.7. The second-order valence-corrected chi connectivity index (χ2v) is 7.73. The predicted octanol–water partition coefficient (Wildman–Crippen LogP) is 5.30. The molecule has 2 amide bonds. The molecule has 1 aromatic heterocycles. The van der Waals surface area contributed by atoms with Gasteiger partial charge in [0.15, 0.2) is 17.5 Å². The highest BCUT2D eigenvalue weighted by atomic mass is 19.2. The molecule has 8 heteroatoms. The Morgan fingerprint density at radius 1 is 0.903 bits per heavy atom. The summed E-state index contributed by atoms with van der Waals surface area (Å²) < 4.78 is 26.2. The minimum Gasteiger partial charge on any atom is -0.355 e. The number of piperidine rings is 1. The number of amides is 2. The number of nitrogens with one attached hydrogen (secondary N) is 2. The van der Waals surface area contributed by atoms with Crippen LogP contribution in [0.3, 0.4) is 0 Å². The van der Waals surface area contributed by atoms with Gasteiger partial charge in [-0.25, -0.2) is 13.6 Å². The number of rotatable bonds is 4. The van der Waals surface area contributed by atoms with Crippen molar-refractivity contribution < 1.29 is 13.6 Å². The van der Waals surface area contributed by atoms with Crippen LogP contribution in [-0.2, 0) is 0 Å². The van der Waals surface area contributed by atoms with Crippen LogP contribution >= 0.6 is 0 Å². The lowest BCUT2D eigenvalue weighted by atomic mass is 9.99. The predicted molar refractivity (Wildman–Crippen MR) is 117 cm³/mol. The van der Waals surface area contributed by atoms with Crippen molar-refractivity contribution in [3.05, 3.63) is 66.2 Å². The maximum Gasteiger partial charge on any atom is 0.323 e. The van der Waals surface area contributed by atoms with Gasteiger partial charge >= 0.3 is 6.03 Å². The lowest BCUT2D eigenvalue weighted by molar-refractivity contribution is 0.262. The Labute approximate surface area is 179 Å². The van der Waals surface area contributed by atoms with E-state index in [1.54, 1.807) is 12.1 Å². The standard InChI is InChI=1S/C23H23F2N5O/c1-15-10-12-30(13-11-15)22-9-8-21(28-29-22)16-2-4-17(5-3-16)26-23(31)27-18-6-7-19(24)20(25)14-18/h2-9,14-15H,10-13H2,1H3,(H2,26,27,31). The van der Waals surface area contributed by atoms with Crippen LogP contribution in [0.2, 0.25) is 0 Å². The number of halogens is 2. The molecule has 3 aromatic rings. The smallest absolute Gasteiger partial charge is 0.323 e. The Morgan fingerprint density at radius 2 is 1.58 bits per heavy atom. The molecule has 6 nitrogen and oxygen atoms in total. The van der Waals surface area contributed by atoms with Crippen molar-refractivity contribution in [2.75, 3.05) is 28.6 Å². The third kappa shape index (κ3) is 5.14. The zero-order valence-corrected chi connectivity index (χ0v) is 17.1. The summed E-state index contributed by atoms with van der Waals surface area (Å²) >= 11 is 0. The molecule has 2 N–H and O–H groups in total. The Kier molecular flexibility index (Phi) is 6.06. The van der Waals surface area contributed by atoms with E-state index in [0.717, 1.165) is 48.2 Å². The fraction of sp³-hybridized carbons (Fsp3) is 0.261. The van der Waals surface area contributed by atoms with Crippen LogP contribution in [0.15, 0.2) is 54.6 Å². The molecule has 4 rings (SSSR count). The van der Waals surface area contributed by atoms with Gasteiger partial charge in [0.25, 0.3) is 0 Å². The molecule has 0 unspecified atom stereocenters. The molecular formula is C23H23F2N5O. The number of benzene rings is 2. The molecular weight excluding hydrogens is 400 g/mol.